The number of nitrogens with zero attached hydrogens (tertiary/aromatic N) is 1. The van der Waals surface area contributed by atoms with Gasteiger partial charge in [-0.1, -0.05) is 101 Å². The van der Waals surface area contributed by atoms with E-state index < -0.39 is 6.10 Å². The van der Waals surface area contributed by atoms with E-state index in [4.69, 9.17) is 0 Å². The number of hydrogen-bond acceptors (Lipinski definition) is 5. The minimum Gasteiger partial charge on any atom is -0.388 e. The molecule has 3 atom stereocenters. The van der Waals surface area contributed by atoms with Crippen LogP contribution in [-0.2, 0) is 0 Å². The molecule has 2 rings (SSSR count). The Hall–Kier alpha value is -1.59. The summed E-state index contributed by atoms with van der Waals surface area (Å²) in [6.45, 7) is 3.93. The van der Waals surface area contributed by atoms with Gasteiger partial charge in [0.05, 0.1) is 6.10 Å². The number of unbranched alkanes of at least 4 members (excludes halogenated alkanes) is 9. The molecule has 3 unspecified atom stereocenters. The van der Waals surface area contributed by atoms with Crippen LogP contribution in [-0.4, -0.2) is 30.0 Å². The fourth-order valence-corrected chi connectivity index (χ4v) is 4.95. The first-order valence-electron chi connectivity index (χ1n) is 13.5. The lowest BCUT2D eigenvalue weighted by Gasteiger charge is -2.13. The number of rotatable bonds is 18. The van der Waals surface area contributed by atoms with Crippen LogP contribution >= 0.6 is 0 Å². The van der Waals surface area contributed by atoms with Gasteiger partial charge in [-0.2, -0.15) is 4.91 Å². The summed E-state index contributed by atoms with van der Waals surface area (Å²) < 4.78 is 0. The van der Waals surface area contributed by atoms with Crippen LogP contribution in [0.15, 0.2) is 29.4 Å². The third kappa shape index (κ3) is 10.5. The third-order valence-corrected chi connectivity index (χ3v) is 7.07. The average molecular weight is 459 g/mol. The van der Waals surface area contributed by atoms with Gasteiger partial charge >= 0.3 is 0 Å². The van der Waals surface area contributed by atoms with Gasteiger partial charge in [-0.3, -0.25) is 4.79 Å². The standard InChI is InChI=1S/C28H46N2O3/c1-2-3-4-5-9-14-21-29-22-24(30-33)16-11-8-6-7-10-15-23-19-20-27(31)25-17-12-13-18-26(25)28(23)32/h12-13,17-18,23-24,27,29,31H,2-11,14-16,19-22H2,1H3. The Morgan fingerprint density at radius 2 is 1.67 bits per heavy atom. The maximum absolute atomic E-state index is 12.9. The van der Waals surface area contributed by atoms with E-state index in [1.54, 1.807) is 0 Å². The predicted molar refractivity (Wildman–Crippen MR) is 137 cm³/mol. The van der Waals surface area contributed by atoms with Crippen molar-refractivity contribution in [1.29, 1.82) is 0 Å². The van der Waals surface area contributed by atoms with Crippen LogP contribution in [0.25, 0.3) is 0 Å². The fourth-order valence-electron chi connectivity index (χ4n) is 4.95. The zero-order chi connectivity index (χ0) is 23.7. The minimum atomic E-state index is -0.519. The third-order valence-electron chi connectivity index (χ3n) is 7.07. The van der Waals surface area contributed by atoms with Crippen molar-refractivity contribution >= 4 is 5.78 Å². The molecule has 0 heterocycles. The number of nitrogens with one attached hydrogen (secondary N) is 1. The first-order chi connectivity index (χ1) is 16.2. The highest BCUT2D eigenvalue weighted by molar-refractivity contribution is 5.99. The SMILES string of the molecule is CCCCCCCCNCC(CCCCCCCC1CCC(O)c2ccccc2C1=O)N=O. The average Bonchev–Trinajstić information content (AvgIpc) is 2.95. The molecule has 5 nitrogen and oxygen atoms in total. The zero-order valence-corrected chi connectivity index (χ0v) is 20.8. The van der Waals surface area contributed by atoms with Gasteiger partial charge in [0.25, 0.3) is 0 Å². The molecule has 5 heteroatoms. The molecule has 2 N–H and O–H groups in total. The van der Waals surface area contributed by atoms with Crippen molar-refractivity contribution in [2.45, 2.75) is 115 Å². The predicted octanol–water partition coefficient (Wildman–Crippen LogP) is 7.13. The molecule has 0 saturated carbocycles. The summed E-state index contributed by atoms with van der Waals surface area (Å²) in [4.78, 5) is 24.0. The molecule has 186 valence electrons. The number of benzene rings is 1. The number of Topliss-reactive ketones (excluding diaryl/α,β-unsaturated/α-hetero) is 1. The van der Waals surface area contributed by atoms with Gasteiger partial charge in [0, 0.05) is 18.0 Å². The molecule has 1 aromatic rings. The zero-order valence-electron chi connectivity index (χ0n) is 20.8. The summed E-state index contributed by atoms with van der Waals surface area (Å²) in [7, 11) is 0. The van der Waals surface area contributed by atoms with E-state index in [0.717, 1.165) is 63.5 Å². The summed E-state index contributed by atoms with van der Waals surface area (Å²) in [5, 5.41) is 17.1. The van der Waals surface area contributed by atoms with E-state index in [0.29, 0.717) is 18.5 Å². The molecule has 1 aliphatic carbocycles. The van der Waals surface area contributed by atoms with Crippen molar-refractivity contribution in [1.82, 2.24) is 5.32 Å². The number of aliphatic hydroxyl groups excluding tert-OH is 1. The molecule has 0 amide bonds. The van der Waals surface area contributed by atoms with Crippen molar-refractivity contribution in [2.24, 2.45) is 11.1 Å². The number of nitroso groups, excluding NO2 is 1. The Morgan fingerprint density at radius 1 is 0.970 bits per heavy atom. The van der Waals surface area contributed by atoms with E-state index in [9.17, 15) is 14.8 Å². The van der Waals surface area contributed by atoms with Crippen molar-refractivity contribution in [3.8, 4) is 0 Å². The summed E-state index contributed by atoms with van der Waals surface area (Å²) in [6.07, 6.45) is 15.9. The van der Waals surface area contributed by atoms with Crippen LogP contribution in [0.5, 0.6) is 0 Å². The molecule has 0 aliphatic heterocycles. The van der Waals surface area contributed by atoms with Crippen molar-refractivity contribution in [3.63, 3.8) is 0 Å². The lowest BCUT2D eigenvalue weighted by Crippen LogP contribution is -2.26. The second-order valence-electron chi connectivity index (χ2n) is 9.82. The minimum absolute atomic E-state index is 0.0321. The van der Waals surface area contributed by atoms with E-state index in [1.807, 2.05) is 24.3 Å². The second kappa shape index (κ2) is 16.9. The number of ketones is 1. The Balaban J connectivity index is 1.51. The Kier molecular flexibility index (Phi) is 14.2. The largest absolute Gasteiger partial charge is 0.388 e. The maximum atomic E-state index is 12.9. The van der Waals surface area contributed by atoms with E-state index >= 15 is 0 Å². The molecule has 0 spiro atoms. The smallest absolute Gasteiger partial charge is 0.166 e. The first-order valence-corrected chi connectivity index (χ1v) is 13.5. The molecule has 1 aliphatic rings. The number of hydrogen-bond donors (Lipinski definition) is 2. The van der Waals surface area contributed by atoms with Gasteiger partial charge in [-0.25, -0.2) is 0 Å². The molecule has 0 fully saturated rings. The Bertz CT molecular complexity index is 679. The lowest BCUT2D eigenvalue weighted by atomic mass is 9.90. The van der Waals surface area contributed by atoms with Crippen molar-refractivity contribution in [2.75, 3.05) is 13.1 Å². The number of aliphatic hydroxyl groups is 1. The van der Waals surface area contributed by atoms with E-state index in [1.165, 1.54) is 38.5 Å². The van der Waals surface area contributed by atoms with E-state index in [2.05, 4.69) is 17.4 Å². The van der Waals surface area contributed by atoms with Crippen LogP contribution < -0.4 is 5.32 Å². The van der Waals surface area contributed by atoms with Crippen molar-refractivity contribution in [3.05, 3.63) is 40.3 Å². The molecule has 33 heavy (non-hydrogen) atoms. The van der Waals surface area contributed by atoms with Gasteiger partial charge in [-0.05, 0) is 44.2 Å². The quantitative estimate of drug-likeness (QED) is 0.139. The summed E-state index contributed by atoms with van der Waals surface area (Å²) in [5.41, 5.74) is 1.51. The molecule has 0 bridgehead atoms. The second-order valence-corrected chi connectivity index (χ2v) is 9.82. The van der Waals surface area contributed by atoms with Crippen LogP contribution in [0.2, 0.25) is 0 Å². The summed E-state index contributed by atoms with van der Waals surface area (Å²) in [6, 6.07) is 7.41. The molecule has 0 saturated heterocycles. The number of carbonyl (C=O) groups is 1. The molecular weight excluding hydrogens is 412 g/mol. The Morgan fingerprint density at radius 3 is 2.45 bits per heavy atom. The topological polar surface area (TPSA) is 78.8 Å². The van der Waals surface area contributed by atoms with Crippen LogP contribution in [0.1, 0.15) is 125 Å². The summed E-state index contributed by atoms with van der Waals surface area (Å²) in [5.74, 6) is 0.236. The normalized spacial score (nSPS) is 19.2. The van der Waals surface area contributed by atoms with Crippen molar-refractivity contribution < 1.29 is 9.90 Å². The van der Waals surface area contributed by atoms with Gasteiger partial charge < -0.3 is 10.4 Å². The molecular formula is C28H46N2O3. The Labute approximate surface area is 201 Å². The maximum Gasteiger partial charge on any atom is 0.166 e. The number of fused-ring (bicyclic) bond motifs is 1. The highest BCUT2D eigenvalue weighted by Crippen LogP contribution is 2.33. The molecule has 0 aromatic heterocycles. The van der Waals surface area contributed by atoms with Crippen LogP contribution in [0, 0.1) is 10.8 Å². The monoisotopic (exact) mass is 458 g/mol. The van der Waals surface area contributed by atoms with E-state index in [-0.39, 0.29) is 17.7 Å². The highest BCUT2D eigenvalue weighted by atomic mass is 16.3. The fraction of sp³-hybridized carbons (Fsp3) is 0.750. The number of carbonyl (C=O) groups excluding carboxylic acids is 1. The molecule has 0 radical (unpaired) electrons. The highest BCUT2D eigenvalue weighted by Gasteiger charge is 2.28. The lowest BCUT2D eigenvalue weighted by molar-refractivity contribution is 0.0902. The van der Waals surface area contributed by atoms with Crippen LogP contribution in [0.4, 0.5) is 0 Å². The summed E-state index contributed by atoms with van der Waals surface area (Å²) >= 11 is 0. The van der Waals surface area contributed by atoms with Gasteiger partial charge in [-0.15, -0.1) is 0 Å². The van der Waals surface area contributed by atoms with Gasteiger partial charge in [0.2, 0.25) is 0 Å². The van der Waals surface area contributed by atoms with Gasteiger partial charge in [0.15, 0.2) is 5.78 Å². The first kappa shape index (κ1) is 27.7. The van der Waals surface area contributed by atoms with Crippen LogP contribution in [0.3, 0.4) is 0 Å². The molecule has 1 aromatic carbocycles. The van der Waals surface area contributed by atoms with Gasteiger partial charge in [0.1, 0.15) is 6.04 Å².